The van der Waals surface area contributed by atoms with Crippen molar-refractivity contribution in [2.24, 2.45) is 11.8 Å². The van der Waals surface area contributed by atoms with Gasteiger partial charge in [-0.3, -0.25) is 9.59 Å². The molecule has 0 spiro atoms. The molecule has 1 atom stereocenters. The zero-order chi connectivity index (χ0) is 15.2. The molecule has 0 saturated carbocycles. The summed E-state index contributed by atoms with van der Waals surface area (Å²) in [5.41, 5.74) is 1.21. The van der Waals surface area contributed by atoms with E-state index in [1.165, 1.54) is 0 Å². The highest BCUT2D eigenvalue weighted by molar-refractivity contribution is 5.93. The highest BCUT2D eigenvalue weighted by Gasteiger charge is 2.26. The van der Waals surface area contributed by atoms with Crippen LogP contribution in [0.2, 0.25) is 0 Å². The summed E-state index contributed by atoms with van der Waals surface area (Å²) in [6, 6.07) is 7.03. The molecule has 0 aromatic heterocycles. The smallest absolute Gasteiger partial charge is 0.307 e. The lowest BCUT2D eigenvalue weighted by atomic mass is 9.86. The fourth-order valence-corrected chi connectivity index (χ4v) is 2.64. The molecule has 1 aromatic rings. The van der Waals surface area contributed by atoms with Crippen LogP contribution in [-0.2, 0) is 20.7 Å². The van der Waals surface area contributed by atoms with Gasteiger partial charge in [0.15, 0.2) is 0 Å². The highest BCUT2D eigenvalue weighted by atomic mass is 16.5. The number of nitrogens with one attached hydrogen (secondary N) is 1. The number of hydrogen-bond acceptors (Lipinski definition) is 3. The van der Waals surface area contributed by atoms with Gasteiger partial charge in [0.2, 0.25) is 5.91 Å². The van der Waals surface area contributed by atoms with E-state index in [0.29, 0.717) is 30.4 Å². The van der Waals surface area contributed by atoms with E-state index >= 15 is 0 Å². The molecule has 114 valence electrons. The molecule has 1 aliphatic rings. The van der Waals surface area contributed by atoms with Crippen molar-refractivity contribution in [3.8, 4) is 0 Å². The number of hydrogen-bond donors (Lipinski definition) is 2. The Bertz CT molecular complexity index is 509. The molecule has 1 unspecified atom stereocenters. The standard InChI is InChI=1S/C16H21NO4/c1-11(12-6-8-21-9-7-12)16(20)17-14-5-3-2-4-13(14)10-15(18)19/h2-5,11-12H,6-10H2,1H3,(H,17,20)(H,18,19). The van der Waals surface area contributed by atoms with Gasteiger partial charge < -0.3 is 15.2 Å². The van der Waals surface area contributed by atoms with Crippen LogP contribution in [0.3, 0.4) is 0 Å². The SMILES string of the molecule is CC(C(=O)Nc1ccccc1CC(=O)O)C1CCOCC1. The van der Waals surface area contributed by atoms with E-state index in [1.807, 2.05) is 6.92 Å². The Kier molecular flexibility index (Phi) is 5.33. The van der Waals surface area contributed by atoms with Gasteiger partial charge in [0.05, 0.1) is 6.42 Å². The number of carbonyl (C=O) groups excluding carboxylic acids is 1. The Morgan fingerprint density at radius 1 is 1.33 bits per heavy atom. The molecular formula is C16H21NO4. The second-order valence-corrected chi connectivity index (χ2v) is 5.46. The summed E-state index contributed by atoms with van der Waals surface area (Å²) < 4.78 is 5.31. The number of rotatable bonds is 5. The predicted octanol–water partition coefficient (Wildman–Crippen LogP) is 2.31. The minimum atomic E-state index is -0.908. The molecule has 21 heavy (non-hydrogen) atoms. The lowest BCUT2D eigenvalue weighted by molar-refractivity contribution is -0.136. The minimum absolute atomic E-state index is 0.0558. The lowest BCUT2D eigenvalue weighted by Crippen LogP contribution is -2.31. The summed E-state index contributed by atoms with van der Waals surface area (Å²) in [7, 11) is 0. The number of ether oxygens (including phenoxy) is 1. The Balaban J connectivity index is 2.03. The van der Waals surface area contributed by atoms with Gasteiger partial charge in [0.25, 0.3) is 0 Å². The van der Waals surface area contributed by atoms with E-state index in [-0.39, 0.29) is 18.2 Å². The first-order valence-electron chi connectivity index (χ1n) is 7.26. The zero-order valence-corrected chi connectivity index (χ0v) is 12.2. The van der Waals surface area contributed by atoms with Gasteiger partial charge in [-0.1, -0.05) is 25.1 Å². The Labute approximate surface area is 124 Å². The third-order valence-corrected chi connectivity index (χ3v) is 4.00. The van der Waals surface area contributed by atoms with Crippen LogP contribution >= 0.6 is 0 Å². The largest absolute Gasteiger partial charge is 0.481 e. The lowest BCUT2D eigenvalue weighted by Gasteiger charge is -2.27. The fourth-order valence-electron chi connectivity index (χ4n) is 2.64. The van der Waals surface area contributed by atoms with Gasteiger partial charge >= 0.3 is 5.97 Å². The van der Waals surface area contributed by atoms with Gasteiger partial charge in [-0.05, 0) is 30.4 Å². The van der Waals surface area contributed by atoms with Crippen molar-refractivity contribution >= 4 is 17.6 Å². The average Bonchev–Trinajstić information content (AvgIpc) is 2.49. The van der Waals surface area contributed by atoms with E-state index in [1.54, 1.807) is 24.3 Å². The zero-order valence-electron chi connectivity index (χ0n) is 12.2. The van der Waals surface area contributed by atoms with Crippen molar-refractivity contribution in [3.63, 3.8) is 0 Å². The van der Waals surface area contributed by atoms with Crippen molar-refractivity contribution in [3.05, 3.63) is 29.8 Å². The van der Waals surface area contributed by atoms with Crippen LogP contribution in [0.4, 0.5) is 5.69 Å². The van der Waals surface area contributed by atoms with Crippen LogP contribution in [0.25, 0.3) is 0 Å². The molecule has 2 rings (SSSR count). The first kappa shape index (κ1) is 15.5. The highest BCUT2D eigenvalue weighted by Crippen LogP contribution is 2.25. The predicted molar refractivity (Wildman–Crippen MR) is 79.1 cm³/mol. The van der Waals surface area contributed by atoms with Crippen molar-refractivity contribution in [2.75, 3.05) is 18.5 Å². The van der Waals surface area contributed by atoms with E-state index in [2.05, 4.69) is 5.32 Å². The van der Waals surface area contributed by atoms with Crippen LogP contribution in [0.1, 0.15) is 25.3 Å². The summed E-state index contributed by atoms with van der Waals surface area (Å²) in [4.78, 5) is 23.2. The van der Waals surface area contributed by atoms with Crippen LogP contribution in [0.5, 0.6) is 0 Å². The number of para-hydroxylation sites is 1. The summed E-state index contributed by atoms with van der Waals surface area (Å²) in [5.74, 6) is -0.744. The van der Waals surface area contributed by atoms with Crippen molar-refractivity contribution < 1.29 is 19.4 Å². The fraction of sp³-hybridized carbons (Fsp3) is 0.500. The van der Waals surface area contributed by atoms with Crippen molar-refractivity contribution in [2.45, 2.75) is 26.2 Å². The summed E-state index contributed by atoms with van der Waals surface area (Å²) >= 11 is 0. The van der Waals surface area contributed by atoms with E-state index in [4.69, 9.17) is 9.84 Å². The normalized spacial score (nSPS) is 17.2. The molecule has 1 aromatic carbocycles. The summed E-state index contributed by atoms with van der Waals surface area (Å²) in [6.45, 7) is 3.33. The van der Waals surface area contributed by atoms with Gasteiger partial charge in [-0.25, -0.2) is 0 Å². The molecule has 1 heterocycles. The van der Waals surface area contributed by atoms with Crippen molar-refractivity contribution in [1.82, 2.24) is 0 Å². The van der Waals surface area contributed by atoms with Gasteiger partial charge in [0, 0.05) is 24.8 Å². The summed E-state index contributed by atoms with van der Waals surface area (Å²) in [6.07, 6.45) is 1.69. The van der Waals surface area contributed by atoms with Gasteiger partial charge in [0.1, 0.15) is 0 Å². The Hall–Kier alpha value is -1.88. The van der Waals surface area contributed by atoms with E-state index in [9.17, 15) is 9.59 Å². The monoisotopic (exact) mass is 291 g/mol. The van der Waals surface area contributed by atoms with Crippen LogP contribution < -0.4 is 5.32 Å². The number of amides is 1. The molecule has 1 fully saturated rings. The van der Waals surface area contributed by atoms with Crippen molar-refractivity contribution in [1.29, 1.82) is 0 Å². The number of benzene rings is 1. The topological polar surface area (TPSA) is 75.6 Å². The van der Waals surface area contributed by atoms with Gasteiger partial charge in [-0.15, -0.1) is 0 Å². The van der Waals surface area contributed by atoms with Crippen LogP contribution in [0, 0.1) is 11.8 Å². The van der Waals surface area contributed by atoms with Crippen LogP contribution in [-0.4, -0.2) is 30.2 Å². The number of aliphatic carboxylic acids is 1. The van der Waals surface area contributed by atoms with E-state index < -0.39 is 5.97 Å². The van der Waals surface area contributed by atoms with Crippen LogP contribution in [0.15, 0.2) is 24.3 Å². The van der Waals surface area contributed by atoms with Gasteiger partial charge in [-0.2, -0.15) is 0 Å². The number of carboxylic acids is 1. The second kappa shape index (κ2) is 7.22. The molecule has 0 bridgehead atoms. The third kappa shape index (κ3) is 4.29. The molecule has 2 N–H and O–H groups in total. The molecule has 1 amide bonds. The third-order valence-electron chi connectivity index (χ3n) is 4.00. The maximum atomic E-state index is 12.4. The minimum Gasteiger partial charge on any atom is -0.481 e. The Morgan fingerprint density at radius 2 is 2.00 bits per heavy atom. The number of carboxylic acid groups (broad SMARTS) is 1. The van der Waals surface area contributed by atoms with E-state index in [0.717, 1.165) is 12.8 Å². The average molecular weight is 291 g/mol. The molecule has 0 aliphatic carbocycles. The Morgan fingerprint density at radius 3 is 2.67 bits per heavy atom. The number of anilines is 1. The molecule has 1 aliphatic heterocycles. The first-order valence-corrected chi connectivity index (χ1v) is 7.26. The first-order chi connectivity index (χ1) is 10.1. The summed E-state index contributed by atoms with van der Waals surface area (Å²) in [5, 5.41) is 11.8. The number of carbonyl (C=O) groups is 2. The second-order valence-electron chi connectivity index (χ2n) is 5.46. The molecule has 5 nitrogen and oxygen atoms in total. The molecule has 0 radical (unpaired) electrons. The molecular weight excluding hydrogens is 270 g/mol. The molecule has 5 heteroatoms. The molecule has 1 saturated heterocycles. The maximum Gasteiger partial charge on any atom is 0.307 e. The maximum absolute atomic E-state index is 12.4. The quantitative estimate of drug-likeness (QED) is 0.873.